The fourth-order valence-corrected chi connectivity index (χ4v) is 3.61. The highest BCUT2D eigenvalue weighted by Gasteiger charge is 2.24. The van der Waals surface area contributed by atoms with Crippen molar-refractivity contribution in [1.82, 2.24) is 14.9 Å². The van der Waals surface area contributed by atoms with Crippen LogP contribution >= 0.6 is 0 Å². The average molecular weight is 388 g/mol. The van der Waals surface area contributed by atoms with Gasteiger partial charge in [-0.25, -0.2) is 9.97 Å². The van der Waals surface area contributed by atoms with E-state index in [2.05, 4.69) is 21.4 Å². The predicted octanol–water partition coefficient (Wildman–Crippen LogP) is 4.54. The standard InChI is InChI=1S/C23H24N4O2/c1-17-5-2-8-21(25-17)26-22-15-18(11-12-24-22)19-6-3-13-27(16-19)23(28)10-9-20-7-4-14-29-20/h2,4-5,7-12,14-15,19H,3,6,13,16H2,1H3,(H,24,25,26)/b10-9+. The molecular weight excluding hydrogens is 364 g/mol. The summed E-state index contributed by atoms with van der Waals surface area (Å²) in [6.07, 6.45) is 8.75. The van der Waals surface area contributed by atoms with Gasteiger partial charge in [-0.15, -0.1) is 0 Å². The lowest BCUT2D eigenvalue weighted by atomic mass is 9.91. The zero-order valence-corrected chi connectivity index (χ0v) is 16.4. The molecule has 1 aliphatic rings. The Morgan fingerprint density at radius 1 is 1.24 bits per heavy atom. The van der Waals surface area contributed by atoms with Crippen LogP contribution in [-0.4, -0.2) is 33.9 Å². The van der Waals surface area contributed by atoms with Crippen molar-refractivity contribution >= 4 is 23.6 Å². The number of likely N-dealkylation sites (tertiary alicyclic amines) is 1. The third-order valence-electron chi connectivity index (χ3n) is 5.07. The van der Waals surface area contributed by atoms with Crippen molar-refractivity contribution < 1.29 is 9.21 Å². The highest BCUT2D eigenvalue weighted by atomic mass is 16.3. The van der Waals surface area contributed by atoms with Gasteiger partial charge in [0.2, 0.25) is 5.91 Å². The number of piperidine rings is 1. The van der Waals surface area contributed by atoms with Gasteiger partial charge in [-0.05, 0) is 67.8 Å². The minimum Gasteiger partial charge on any atom is -0.465 e. The van der Waals surface area contributed by atoms with Gasteiger partial charge in [-0.1, -0.05) is 6.07 Å². The van der Waals surface area contributed by atoms with Crippen molar-refractivity contribution in [2.45, 2.75) is 25.7 Å². The summed E-state index contributed by atoms with van der Waals surface area (Å²) in [4.78, 5) is 23.4. The molecule has 0 spiro atoms. The lowest BCUT2D eigenvalue weighted by molar-refractivity contribution is -0.127. The number of aryl methyl sites for hydroxylation is 1. The van der Waals surface area contributed by atoms with E-state index in [-0.39, 0.29) is 5.91 Å². The monoisotopic (exact) mass is 388 g/mol. The van der Waals surface area contributed by atoms with Crippen LogP contribution in [0.2, 0.25) is 0 Å². The van der Waals surface area contributed by atoms with E-state index in [1.54, 1.807) is 18.4 Å². The van der Waals surface area contributed by atoms with Gasteiger partial charge in [0, 0.05) is 37.0 Å². The number of furan rings is 1. The molecule has 3 aromatic heterocycles. The molecule has 0 bridgehead atoms. The van der Waals surface area contributed by atoms with Crippen molar-refractivity contribution in [1.29, 1.82) is 0 Å². The smallest absolute Gasteiger partial charge is 0.246 e. The molecule has 4 rings (SSSR count). The van der Waals surface area contributed by atoms with Crippen LogP contribution in [0.15, 0.2) is 65.4 Å². The first-order valence-corrected chi connectivity index (χ1v) is 9.84. The molecular formula is C23H24N4O2. The number of anilines is 2. The van der Waals surface area contributed by atoms with Gasteiger partial charge in [-0.2, -0.15) is 0 Å². The third-order valence-corrected chi connectivity index (χ3v) is 5.07. The Bertz CT molecular complexity index is 998. The number of rotatable bonds is 5. The van der Waals surface area contributed by atoms with Gasteiger partial charge in [0.25, 0.3) is 0 Å². The van der Waals surface area contributed by atoms with E-state index in [1.165, 1.54) is 5.56 Å². The maximum atomic E-state index is 12.6. The largest absolute Gasteiger partial charge is 0.465 e. The van der Waals surface area contributed by atoms with Gasteiger partial charge in [0.05, 0.1) is 6.26 Å². The number of nitrogens with one attached hydrogen (secondary N) is 1. The Hall–Kier alpha value is -3.41. The SMILES string of the molecule is Cc1cccc(Nc2cc(C3CCCN(C(=O)/C=C/c4ccco4)C3)ccn2)n1. The molecule has 3 aromatic rings. The van der Waals surface area contributed by atoms with Gasteiger partial charge >= 0.3 is 0 Å². The Kier molecular flexibility index (Phi) is 5.70. The number of hydrogen-bond acceptors (Lipinski definition) is 5. The number of hydrogen-bond donors (Lipinski definition) is 1. The van der Waals surface area contributed by atoms with Crippen LogP contribution in [0.1, 0.15) is 35.8 Å². The minimum atomic E-state index is 0.0162. The number of nitrogens with zero attached hydrogens (tertiary/aromatic N) is 3. The fraction of sp³-hybridized carbons (Fsp3) is 0.261. The molecule has 1 atom stereocenters. The minimum absolute atomic E-state index is 0.0162. The summed E-state index contributed by atoms with van der Waals surface area (Å²) < 4.78 is 5.25. The first-order valence-electron chi connectivity index (χ1n) is 9.84. The molecule has 0 saturated carbocycles. The maximum Gasteiger partial charge on any atom is 0.246 e. The quantitative estimate of drug-likeness (QED) is 0.650. The topological polar surface area (TPSA) is 71.3 Å². The molecule has 1 unspecified atom stereocenters. The summed E-state index contributed by atoms with van der Waals surface area (Å²) in [6, 6.07) is 13.6. The van der Waals surface area contributed by atoms with Gasteiger partial charge in [0.15, 0.2) is 0 Å². The van der Waals surface area contributed by atoms with Crippen molar-refractivity contribution in [2.75, 3.05) is 18.4 Å². The number of carbonyl (C=O) groups excluding carboxylic acids is 1. The van der Waals surface area contributed by atoms with E-state index in [4.69, 9.17) is 4.42 Å². The van der Waals surface area contributed by atoms with Gasteiger partial charge in [0.1, 0.15) is 17.4 Å². The van der Waals surface area contributed by atoms with Crippen LogP contribution in [0.25, 0.3) is 6.08 Å². The van der Waals surface area contributed by atoms with E-state index < -0.39 is 0 Å². The molecule has 6 nitrogen and oxygen atoms in total. The number of amides is 1. The third kappa shape index (κ3) is 4.90. The van der Waals surface area contributed by atoms with E-state index in [0.29, 0.717) is 18.2 Å². The van der Waals surface area contributed by atoms with Gasteiger partial charge < -0.3 is 14.6 Å². The van der Waals surface area contributed by atoms with E-state index in [1.807, 2.05) is 54.4 Å². The van der Waals surface area contributed by atoms with Crippen LogP contribution in [0, 0.1) is 6.92 Å². The van der Waals surface area contributed by atoms with Crippen molar-refractivity contribution in [3.05, 3.63) is 78.0 Å². The summed E-state index contributed by atoms with van der Waals surface area (Å²) in [6.45, 7) is 3.44. The fourth-order valence-electron chi connectivity index (χ4n) is 3.61. The van der Waals surface area contributed by atoms with Crippen LogP contribution in [-0.2, 0) is 4.79 Å². The van der Waals surface area contributed by atoms with Crippen LogP contribution in [0.3, 0.4) is 0 Å². The molecule has 148 valence electrons. The summed E-state index contributed by atoms with van der Waals surface area (Å²) in [5, 5.41) is 3.27. The molecule has 1 N–H and O–H groups in total. The summed E-state index contributed by atoms with van der Waals surface area (Å²) in [5.41, 5.74) is 2.14. The van der Waals surface area contributed by atoms with Crippen LogP contribution < -0.4 is 5.32 Å². The van der Waals surface area contributed by atoms with Crippen molar-refractivity contribution in [3.63, 3.8) is 0 Å². The Labute approximate surface area is 170 Å². The molecule has 6 heteroatoms. The lowest BCUT2D eigenvalue weighted by Gasteiger charge is -2.32. The zero-order chi connectivity index (χ0) is 20.1. The summed E-state index contributed by atoms with van der Waals surface area (Å²) in [5.74, 6) is 2.53. The van der Waals surface area contributed by atoms with Crippen LogP contribution in [0.4, 0.5) is 11.6 Å². The first-order chi connectivity index (χ1) is 14.2. The molecule has 0 radical (unpaired) electrons. The molecule has 1 fully saturated rings. The highest BCUT2D eigenvalue weighted by Crippen LogP contribution is 2.28. The molecule has 1 amide bonds. The maximum absolute atomic E-state index is 12.6. The van der Waals surface area contributed by atoms with E-state index in [0.717, 1.165) is 36.7 Å². The van der Waals surface area contributed by atoms with E-state index >= 15 is 0 Å². The highest BCUT2D eigenvalue weighted by molar-refractivity contribution is 5.91. The first kappa shape index (κ1) is 18.9. The lowest BCUT2D eigenvalue weighted by Crippen LogP contribution is -2.38. The van der Waals surface area contributed by atoms with E-state index in [9.17, 15) is 4.79 Å². The second kappa shape index (κ2) is 8.73. The van der Waals surface area contributed by atoms with Crippen LogP contribution in [0.5, 0.6) is 0 Å². The second-order valence-corrected chi connectivity index (χ2v) is 7.24. The number of aromatic nitrogens is 2. The van der Waals surface area contributed by atoms with Crippen molar-refractivity contribution in [3.8, 4) is 0 Å². The zero-order valence-electron chi connectivity index (χ0n) is 16.4. The Morgan fingerprint density at radius 2 is 2.17 bits per heavy atom. The Morgan fingerprint density at radius 3 is 3.00 bits per heavy atom. The average Bonchev–Trinajstić information content (AvgIpc) is 3.26. The summed E-state index contributed by atoms with van der Waals surface area (Å²) >= 11 is 0. The van der Waals surface area contributed by atoms with Crippen molar-refractivity contribution in [2.24, 2.45) is 0 Å². The molecule has 0 aromatic carbocycles. The van der Waals surface area contributed by atoms with Gasteiger partial charge in [-0.3, -0.25) is 4.79 Å². The second-order valence-electron chi connectivity index (χ2n) is 7.24. The molecule has 0 aliphatic carbocycles. The molecule has 1 aliphatic heterocycles. The molecule has 4 heterocycles. The summed E-state index contributed by atoms with van der Waals surface area (Å²) in [7, 11) is 0. The molecule has 29 heavy (non-hydrogen) atoms. The number of carbonyl (C=O) groups is 1. The molecule has 1 saturated heterocycles. The Balaban J connectivity index is 1.43. The predicted molar refractivity (Wildman–Crippen MR) is 113 cm³/mol. The number of pyridine rings is 2. The normalized spacial score (nSPS) is 16.9.